The van der Waals surface area contributed by atoms with Gasteiger partial charge in [0, 0.05) is 11.4 Å². The van der Waals surface area contributed by atoms with Crippen LogP contribution in [0.5, 0.6) is 0 Å². The molecule has 1 fully saturated rings. The van der Waals surface area contributed by atoms with Crippen molar-refractivity contribution in [3.63, 3.8) is 0 Å². The van der Waals surface area contributed by atoms with Crippen molar-refractivity contribution < 1.29 is 13.9 Å². The van der Waals surface area contributed by atoms with Crippen molar-refractivity contribution in [3.8, 4) is 0 Å². The second-order valence-electron chi connectivity index (χ2n) is 5.49. The summed E-state index contributed by atoms with van der Waals surface area (Å²) in [6.07, 6.45) is 3.19. The highest BCUT2D eigenvalue weighted by molar-refractivity contribution is 5.99. The summed E-state index contributed by atoms with van der Waals surface area (Å²) in [4.78, 5) is 16.3. The van der Waals surface area contributed by atoms with E-state index in [2.05, 4.69) is 11.9 Å². The Balaban J connectivity index is 1.99. The van der Waals surface area contributed by atoms with Crippen molar-refractivity contribution >= 4 is 22.7 Å². The largest absolute Gasteiger partial charge is 0.462 e. The van der Waals surface area contributed by atoms with Crippen molar-refractivity contribution in [1.82, 2.24) is 4.90 Å². The molecule has 0 unspecified atom stereocenters. The van der Waals surface area contributed by atoms with E-state index in [9.17, 15) is 4.79 Å². The number of carbonyl (C=O) groups is 1. The van der Waals surface area contributed by atoms with Crippen LogP contribution in [0.15, 0.2) is 34.9 Å². The number of methoxy groups -OCH3 is 1. The summed E-state index contributed by atoms with van der Waals surface area (Å²) in [5.41, 5.74) is 1.53. The second kappa shape index (κ2) is 5.77. The number of piperidine rings is 1. The monoisotopic (exact) mass is 288 g/mol. The Morgan fingerprint density at radius 1 is 1.33 bits per heavy atom. The standard InChI is InChI=1S/C16H20N2O3/c1-17-9-6-13(7-10-17)18(16(19)20-2)14-5-3-4-12-8-11-21-15(12)14/h3-5,8,11,13H,6-7,9-10H2,1-2H3. The van der Waals surface area contributed by atoms with Crippen LogP contribution in [0.3, 0.4) is 0 Å². The zero-order valence-electron chi connectivity index (χ0n) is 12.4. The lowest BCUT2D eigenvalue weighted by Crippen LogP contribution is -2.46. The van der Waals surface area contributed by atoms with Crippen LogP contribution in [0, 0.1) is 0 Å². The number of likely N-dealkylation sites (tertiary alicyclic amines) is 1. The van der Waals surface area contributed by atoms with Crippen molar-refractivity contribution in [3.05, 3.63) is 30.5 Å². The van der Waals surface area contributed by atoms with Gasteiger partial charge < -0.3 is 14.1 Å². The number of para-hydroxylation sites is 1. The van der Waals surface area contributed by atoms with Gasteiger partial charge in [-0.1, -0.05) is 12.1 Å². The van der Waals surface area contributed by atoms with Crippen LogP contribution in [-0.4, -0.2) is 44.3 Å². The average molecular weight is 288 g/mol. The molecule has 1 aromatic carbocycles. The highest BCUT2D eigenvalue weighted by atomic mass is 16.5. The molecule has 5 heteroatoms. The number of ether oxygens (including phenoxy) is 1. The number of anilines is 1. The zero-order chi connectivity index (χ0) is 14.8. The van der Waals surface area contributed by atoms with Gasteiger partial charge in [-0.3, -0.25) is 4.90 Å². The third kappa shape index (κ3) is 2.61. The van der Waals surface area contributed by atoms with E-state index in [4.69, 9.17) is 9.15 Å². The number of nitrogens with zero attached hydrogens (tertiary/aromatic N) is 2. The Morgan fingerprint density at radius 2 is 2.10 bits per heavy atom. The molecule has 21 heavy (non-hydrogen) atoms. The van der Waals surface area contributed by atoms with Gasteiger partial charge in [-0.25, -0.2) is 4.79 Å². The lowest BCUT2D eigenvalue weighted by atomic mass is 10.0. The van der Waals surface area contributed by atoms with E-state index in [0.717, 1.165) is 42.6 Å². The van der Waals surface area contributed by atoms with Crippen LogP contribution in [0.4, 0.5) is 10.5 Å². The quantitative estimate of drug-likeness (QED) is 0.852. The minimum Gasteiger partial charge on any atom is -0.462 e. The molecule has 1 aromatic heterocycles. The van der Waals surface area contributed by atoms with Gasteiger partial charge in [-0.15, -0.1) is 0 Å². The number of hydrogen-bond donors (Lipinski definition) is 0. The first-order valence-electron chi connectivity index (χ1n) is 7.22. The molecule has 5 nitrogen and oxygen atoms in total. The maximum atomic E-state index is 12.3. The highest BCUT2D eigenvalue weighted by Crippen LogP contribution is 2.31. The van der Waals surface area contributed by atoms with E-state index >= 15 is 0 Å². The van der Waals surface area contributed by atoms with Gasteiger partial charge in [0.2, 0.25) is 0 Å². The van der Waals surface area contributed by atoms with Crippen molar-refractivity contribution in [2.24, 2.45) is 0 Å². The number of benzene rings is 1. The van der Waals surface area contributed by atoms with Gasteiger partial charge in [-0.2, -0.15) is 0 Å². The van der Waals surface area contributed by atoms with E-state index in [1.807, 2.05) is 24.3 Å². The molecular weight excluding hydrogens is 268 g/mol. The molecule has 0 N–H and O–H groups in total. The molecule has 0 spiro atoms. The van der Waals surface area contributed by atoms with Gasteiger partial charge >= 0.3 is 6.09 Å². The summed E-state index contributed by atoms with van der Waals surface area (Å²) in [5, 5.41) is 0.995. The van der Waals surface area contributed by atoms with Crippen molar-refractivity contribution in [1.29, 1.82) is 0 Å². The Kier molecular flexibility index (Phi) is 3.84. The predicted molar refractivity (Wildman–Crippen MR) is 81.6 cm³/mol. The van der Waals surface area contributed by atoms with E-state index in [1.165, 1.54) is 7.11 Å². The fourth-order valence-electron chi connectivity index (χ4n) is 2.96. The van der Waals surface area contributed by atoms with E-state index in [-0.39, 0.29) is 12.1 Å². The summed E-state index contributed by atoms with van der Waals surface area (Å²) in [6.45, 7) is 1.96. The highest BCUT2D eigenvalue weighted by Gasteiger charge is 2.30. The Hall–Kier alpha value is -2.01. The molecule has 1 saturated heterocycles. The smallest absolute Gasteiger partial charge is 0.414 e. The molecule has 1 aliphatic heterocycles. The molecule has 0 atom stereocenters. The minimum absolute atomic E-state index is 0.143. The fourth-order valence-corrected chi connectivity index (χ4v) is 2.96. The molecule has 0 aliphatic carbocycles. The first kappa shape index (κ1) is 13.9. The molecule has 0 bridgehead atoms. The van der Waals surface area contributed by atoms with Crippen LogP contribution in [0.2, 0.25) is 0 Å². The van der Waals surface area contributed by atoms with Crippen LogP contribution in [0.25, 0.3) is 11.0 Å². The number of hydrogen-bond acceptors (Lipinski definition) is 4. The first-order chi connectivity index (χ1) is 10.2. The topological polar surface area (TPSA) is 45.9 Å². The Morgan fingerprint density at radius 3 is 2.81 bits per heavy atom. The van der Waals surface area contributed by atoms with Crippen LogP contribution in [0.1, 0.15) is 12.8 Å². The molecule has 2 aromatic rings. The van der Waals surface area contributed by atoms with Gasteiger partial charge in [0.05, 0.1) is 19.1 Å². The molecule has 0 saturated carbocycles. The lowest BCUT2D eigenvalue weighted by Gasteiger charge is -2.36. The van der Waals surface area contributed by atoms with E-state index in [1.54, 1.807) is 11.2 Å². The summed E-state index contributed by atoms with van der Waals surface area (Å²) in [5.74, 6) is 0. The first-order valence-corrected chi connectivity index (χ1v) is 7.22. The van der Waals surface area contributed by atoms with Crippen LogP contribution in [-0.2, 0) is 4.74 Å². The van der Waals surface area contributed by atoms with Gasteiger partial charge in [0.25, 0.3) is 0 Å². The third-order valence-electron chi connectivity index (χ3n) is 4.14. The minimum atomic E-state index is -0.326. The lowest BCUT2D eigenvalue weighted by molar-refractivity contribution is 0.169. The maximum absolute atomic E-state index is 12.3. The zero-order valence-corrected chi connectivity index (χ0v) is 12.4. The van der Waals surface area contributed by atoms with Crippen molar-refractivity contribution in [2.45, 2.75) is 18.9 Å². The summed E-state index contributed by atoms with van der Waals surface area (Å²) >= 11 is 0. The van der Waals surface area contributed by atoms with E-state index < -0.39 is 0 Å². The maximum Gasteiger partial charge on any atom is 0.414 e. The summed E-state index contributed by atoms with van der Waals surface area (Å²) < 4.78 is 10.6. The SMILES string of the molecule is COC(=O)N(c1cccc2ccoc12)C1CCN(C)CC1. The van der Waals surface area contributed by atoms with Gasteiger partial charge in [0.1, 0.15) is 0 Å². The third-order valence-corrected chi connectivity index (χ3v) is 4.14. The van der Waals surface area contributed by atoms with Crippen LogP contribution >= 0.6 is 0 Å². The van der Waals surface area contributed by atoms with Gasteiger partial charge in [0.15, 0.2) is 5.58 Å². The average Bonchev–Trinajstić information content (AvgIpc) is 2.98. The van der Waals surface area contributed by atoms with Crippen molar-refractivity contribution in [2.75, 3.05) is 32.1 Å². The fraction of sp³-hybridized carbons (Fsp3) is 0.438. The Labute approximate surface area is 124 Å². The van der Waals surface area contributed by atoms with Gasteiger partial charge in [-0.05, 0) is 45.1 Å². The number of rotatable bonds is 2. The normalized spacial score (nSPS) is 17.0. The molecule has 2 heterocycles. The number of furan rings is 1. The molecule has 0 radical (unpaired) electrons. The molecule has 112 valence electrons. The summed E-state index contributed by atoms with van der Waals surface area (Å²) in [6, 6.07) is 7.89. The van der Waals surface area contributed by atoms with E-state index in [0.29, 0.717) is 0 Å². The molecule has 1 amide bonds. The molecule has 1 aliphatic rings. The number of amides is 1. The predicted octanol–water partition coefficient (Wildman–Crippen LogP) is 3.10. The Bertz CT molecular complexity index is 629. The summed E-state index contributed by atoms with van der Waals surface area (Å²) in [7, 11) is 3.53. The number of fused-ring (bicyclic) bond motifs is 1. The van der Waals surface area contributed by atoms with Crippen LogP contribution < -0.4 is 4.90 Å². The number of carbonyl (C=O) groups excluding carboxylic acids is 1. The molecule has 3 rings (SSSR count). The second-order valence-corrected chi connectivity index (χ2v) is 5.49. The molecular formula is C16H20N2O3.